The van der Waals surface area contributed by atoms with Crippen molar-refractivity contribution in [2.45, 2.75) is 25.8 Å². The van der Waals surface area contributed by atoms with Gasteiger partial charge in [-0.05, 0) is 13.0 Å². The Morgan fingerprint density at radius 1 is 1.55 bits per heavy atom. The largest absolute Gasteiger partial charge is 0.355 e. The lowest BCUT2D eigenvalue weighted by Gasteiger charge is -2.21. The van der Waals surface area contributed by atoms with E-state index in [0.717, 1.165) is 19.5 Å². The van der Waals surface area contributed by atoms with Gasteiger partial charge in [-0.3, -0.25) is 14.4 Å². The van der Waals surface area contributed by atoms with Crippen LogP contribution in [0, 0.1) is 5.41 Å². The van der Waals surface area contributed by atoms with Crippen molar-refractivity contribution in [2.24, 2.45) is 12.5 Å². The Hall–Kier alpha value is -1.50. The van der Waals surface area contributed by atoms with Gasteiger partial charge in [0.1, 0.15) is 5.69 Å². The summed E-state index contributed by atoms with van der Waals surface area (Å²) in [5, 5.41) is 6.70. The normalized spacial score (nSPS) is 26.9. The van der Waals surface area contributed by atoms with Gasteiger partial charge in [-0.15, -0.1) is 0 Å². The van der Waals surface area contributed by atoms with E-state index in [1.165, 1.54) is 4.68 Å². The van der Waals surface area contributed by atoms with E-state index in [2.05, 4.69) is 15.3 Å². The zero-order valence-electron chi connectivity index (χ0n) is 11.4. The Balaban J connectivity index is 1.69. The van der Waals surface area contributed by atoms with Crippen molar-refractivity contribution in [2.75, 3.05) is 19.6 Å². The van der Waals surface area contributed by atoms with E-state index in [1.54, 1.807) is 13.2 Å². The number of nitrogens with zero attached hydrogens (tertiary/aromatic N) is 3. The molecule has 0 bridgehead atoms. The molecule has 5 nitrogen and oxygen atoms in total. The summed E-state index contributed by atoms with van der Waals surface area (Å²) in [7, 11) is 1.65. The van der Waals surface area contributed by atoms with Crippen LogP contribution in [0.1, 0.15) is 30.5 Å². The fourth-order valence-corrected chi connectivity index (χ4v) is 3.30. The molecular formula is C13H18F2N4O. The van der Waals surface area contributed by atoms with E-state index in [9.17, 15) is 13.6 Å². The molecule has 1 aromatic rings. The van der Waals surface area contributed by atoms with E-state index in [-0.39, 0.29) is 17.0 Å². The fourth-order valence-electron chi connectivity index (χ4n) is 3.30. The third-order valence-electron chi connectivity index (χ3n) is 4.25. The van der Waals surface area contributed by atoms with Gasteiger partial charge in [0.25, 0.3) is 6.43 Å². The smallest absolute Gasteiger partial charge is 0.282 e. The number of aryl methyl sites for hydroxylation is 1. The van der Waals surface area contributed by atoms with E-state index in [4.69, 9.17) is 0 Å². The molecule has 0 aromatic carbocycles. The first kappa shape index (κ1) is 13.5. The molecule has 110 valence electrons. The highest BCUT2D eigenvalue weighted by molar-refractivity contribution is 5.79. The maximum atomic E-state index is 12.9. The molecule has 0 saturated carbocycles. The standard InChI is InChI=1S/C13H18F2N4O/c1-18-5-9(11(17-18)12(14)15)6-19-3-2-13(8-19)4-10(20)16-7-13/h5,12H,2-4,6-8H2,1H3,(H,16,20)/t13-/m0/s1. The van der Waals surface area contributed by atoms with Crippen LogP contribution in [-0.4, -0.2) is 40.2 Å². The number of hydrogen-bond acceptors (Lipinski definition) is 3. The topological polar surface area (TPSA) is 50.2 Å². The van der Waals surface area contributed by atoms with Crippen LogP contribution in [-0.2, 0) is 18.4 Å². The van der Waals surface area contributed by atoms with Gasteiger partial charge in [0.15, 0.2) is 0 Å². The van der Waals surface area contributed by atoms with Gasteiger partial charge in [-0.2, -0.15) is 5.10 Å². The second-order valence-corrected chi connectivity index (χ2v) is 5.93. The van der Waals surface area contributed by atoms with Gasteiger partial charge < -0.3 is 5.32 Å². The molecule has 3 heterocycles. The van der Waals surface area contributed by atoms with Crippen LogP contribution < -0.4 is 5.32 Å². The lowest BCUT2D eigenvalue weighted by molar-refractivity contribution is -0.119. The molecular weight excluding hydrogens is 266 g/mol. The van der Waals surface area contributed by atoms with Crippen molar-refractivity contribution in [3.63, 3.8) is 0 Å². The summed E-state index contributed by atoms with van der Waals surface area (Å²) in [5.41, 5.74) is 0.454. The Morgan fingerprint density at radius 2 is 2.35 bits per heavy atom. The summed E-state index contributed by atoms with van der Waals surface area (Å²) >= 11 is 0. The van der Waals surface area contributed by atoms with E-state index >= 15 is 0 Å². The van der Waals surface area contributed by atoms with Crippen molar-refractivity contribution in [3.05, 3.63) is 17.5 Å². The van der Waals surface area contributed by atoms with E-state index < -0.39 is 6.43 Å². The quantitative estimate of drug-likeness (QED) is 0.903. The van der Waals surface area contributed by atoms with Gasteiger partial charge in [0, 0.05) is 50.3 Å². The lowest BCUT2D eigenvalue weighted by atomic mass is 9.86. The Kier molecular flexibility index (Phi) is 3.24. The Labute approximate surface area is 115 Å². The van der Waals surface area contributed by atoms with Crippen molar-refractivity contribution in [3.8, 4) is 0 Å². The number of hydrogen-bond donors (Lipinski definition) is 1. The Morgan fingerprint density at radius 3 is 3.00 bits per heavy atom. The predicted octanol–water partition coefficient (Wildman–Crippen LogP) is 1.07. The number of rotatable bonds is 3. The summed E-state index contributed by atoms with van der Waals surface area (Å²) in [4.78, 5) is 13.5. The average molecular weight is 284 g/mol. The first-order valence-corrected chi connectivity index (χ1v) is 6.77. The first-order valence-electron chi connectivity index (χ1n) is 6.77. The Bertz CT molecular complexity index is 530. The summed E-state index contributed by atoms with van der Waals surface area (Å²) in [5.74, 6) is 0.0986. The molecule has 2 aliphatic heterocycles. The molecule has 2 saturated heterocycles. The molecule has 3 rings (SSSR count). The highest BCUT2D eigenvalue weighted by Gasteiger charge is 2.43. The van der Waals surface area contributed by atoms with Crippen molar-refractivity contribution >= 4 is 5.91 Å². The number of alkyl halides is 2. The molecule has 0 radical (unpaired) electrons. The summed E-state index contributed by atoms with van der Waals surface area (Å²) in [6, 6.07) is 0. The molecule has 1 atom stereocenters. The minimum absolute atomic E-state index is 0.00425. The SMILES string of the molecule is Cn1cc(CN2CC[C@]3(CNC(=O)C3)C2)c(C(F)F)n1. The van der Waals surface area contributed by atoms with Crippen LogP contribution in [0.5, 0.6) is 0 Å². The predicted molar refractivity (Wildman–Crippen MR) is 68.1 cm³/mol. The molecule has 2 aliphatic rings. The molecule has 20 heavy (non-hydrogen) atoms. The molecule has 1 spiro atoms. The maximum absolute atomic E-state index is 12.9. The summed E-state index contributed by atoms with van der Waals surface area (Å²) in [6.45, 7) is 2.80. The minimum atomic E-state index is -2.54. The fraction of sp³-hybridized carbons (Fsp3) is 0.692. The third-order valence-corrected chi connectivity index (χ3v) is 4.25. The average Bonchev–Trinajstić information content (AvgIpc) is 3.02. The summed E-state index contributed by atoms with van der Waals surface area (Å²) in [6.07, 6.45) is 0.608. The number of amides is 1. The second kappa shape index (κ2) is 4.80. The molecule has 2 fully saturated rings. The van der Waals surface area contributed by atoms with Crippen LogP contribution in [0.25, 0.3) is 0 Å². The molecule has 1 amide bonds. The highest BCUT2D eigenvalue weighted by Crippen LogP contribution is 2.37. The zero-order valence-corrected chi connectivity index (χ0v) is 11.4. The number of aromatic nitrogens is 2. The summed E-state index contributed by atoms with van der Waals surface area (Å²) < 4.78 is 27.3. The lowest BCUT2D eigenvalue weighted by Crippen LogP contribution is -2.29. The molecule has 1 N–H and O–H groups in total. The van der Waals surface area contributed by atoms with Crippen LogP contribution in [0.3, 0.4) is 0 Å². The van der Waals surface area contributed by atoms with Crippen LogP contribution in [0.2, 0.25) is 0 Å². The van der Waals surface area contributed by atoms with Crippen molar-refractivity contribution < 1.29 is 13.6 Å². The second-order valence-electron chi connectivity index (χ2n) is 5.93. The monoisotopic (exact) mass is 284 g/mol. The van der Waals surface area contributed by atoms with Crippen LogP contribution in [0.4, 0.5) is 8.78 Å². The van der Waals surface area contributed by atoms with Gasteiger partial charge in [-0.25, -0.2) is 8.78 Å². The number of nitrogens with one attached hydrogen (secondary N) is 1. The molecule has 1 aromatic heterocycles. The first-order chi connectivity index (χ1) is 9.47. The van der Waals surface area contributed by atoms with Gasteiger partial charge in [0.05, 0.1) is 0 Å². The van der Waals surface area contributed by atoms with Crippen molar-refractivity contribution in [1.29, 1.82) is 0 Å². The zero-order chi connectivity index (χ0) is 14.3. The van der Waals surface area contributed by atoms with Gasteiger partial charge in [-0.1, -0.05) is 0 Å². The molecule has 7 heteroatoms. The van der Waals surface area contributed by atoms with Crippen molar-refractivity contribution in [1.82, 2.24) is 20.0 Å². The molecule has 0 unspecified atom stereocenters. The number of likely N-dealkylation sites (tertiary alicyclic amines) is 1. The van der Waals surface area contributed by atoms with Crippen LogP contribution in [0.15, 0.2) is 6.20 Å². The van der Waals surface area contributed by atoms with Gasteiger partial charge >= 0.3 is 0 Å². The van der Waals surface area contributed by atoms with Gasteiger partial charge in [0.2, 0.25) is 5.91 Å². The van der Waals surface area contributed by atoms with E-state index in [1.807, 2.05) is 0 Å². The molecule has 0 aliphatic carbocycles. The number of halogens is 2. The minimum Gasteiger partial charge on any atom is -0.355 e. The third kappa shape index (κ3) is 2.42. The number of carbonyl (C=O) groups excluding carboxylic acids is 1. The number of carbonyl (C=O) groups is 1. The highest BCUT2D eigenvalue weighted by atomic mass is 19.3. The van der Waals surface area contributed by atoms with Crippen LogP contribution >= 0.6 is 0 Å². The van der Waals surface area contributed by atoms with E-state index in [0.29, 0.717) is 25.1 Å². The maximum Gasteiger partial charge on any atom is 0.282 e.